The first-order valence-corrected chi connectivity index (χ1v) is 6.33. The molecule has 16 nitrogen and oxygen atoms in total. The molecule has 0 saturated carbocycles. The third-order valence-electron chi connectivity index (χ3n) is 1.98. The van der Waals surface area contributed by atoms with Crippen molar-refractivity contribution in [2.24, 2.45) is 0 Å². The summed E-state index contributed by atoms with van der Waals surface area (Å²) in [6, 6.07) is 0. The van der Waals surface area contributed by atoms with E-state index in [9.17, 15) is 28.8 Å². The molecule has 4 unspecified atom stereocenters. The molecule has 0 aromatic rings. The molecule has 0 spiro atoms. The van der Waals surface area contributed by atoms with Crippen LogP contribution in [0.5, 0.6) is 0 Å². The maximum Gasteiger partial charge on any atom is 0.335 e. The Kier molecular flexibility index (Phi) is 15.2. The van der Waals surface area contributed by atoms with Gasteiger partial charge in [0.2, 0.25) is 0 Å². The molecule has 16 heteroatoms. The molecule has 0 aromatic heterocycles. The fourth-order valence-electron chi connectivity index (χ4n) is 0.683. The van der Waals surface area contributed by atoms with E-state index in [1.165, 1.54) is 0 Å². The monoisotopic (exact) mass is 416 g/mol. The van der Waals surface area contributed by atoms with Crippen molar-refractivity contribution in [3.05, 3.63) is 12.2 Å². The molecule has 0 rings (SSSR count). The Morgan fingerprint density at radius 1 is 0.429 bits per heavy atom. The van der Waals surface area contributed by atoms with Crippen LogP contribution in [0.1, 0.15) is 0 Å². The average Bonchev–Trinajstić information content (AvgIpc) is 2.57. The fraction of sp³-hybridized carbons (Fsp3) is 0.333. The van der Waals surface area contributed by atoms with E-state index in [4.69, 9.17) is 51.1 Å². The Bertz CT molecular complexity index is 519. The van der Waals surface area contributed by atoms with E-state index >= 15 is 0 Å². The van der Waals surface area contributed by atoms with Gasteiger partial charge in [-0.1, -0.05) is 0 Å². The topological polar surface area (TPSA) is 305 Å². The van der Waals surface area contributed by atoms with Crippen LogP contribution in [0.15, 0.2) is 12.2 Å². The highest BCUT2D eigenvalue weighted by atomic mass is 16.4. The number of hydrogen-bond acceptors (Lipinski definition) is 10. The smallest absolute Gasteiger partial charge is 0.335 e. The molecular formula is C12H16O16. The summed E-state index contributed by atoms with van der Waals surface area (Å²) in [5, 5.41) is 80.7. The van der Waals surface area contributed by atoms with Gasteiger partial charge in [-0.15, -0.1) is 0 Å². The molecule has 10 N–H and O–H groups in total. The van der Waals surface area contributed by atoms with Crippen molar-refractivity contribution in [1.29, 1.82) is 0 Å². The number of carbonyl (C=O) groups is 6. The predicted octanol–water partition coefficient (Wildman–Crippen LogP) is -4.53. The quantitative estimate of drug-likeness (QED) is 0.166. The molecule has 0 radical (unpaired) electrons. The van der Waals surface area contributed by atoms with Gasteiger partial charge in [0.05, 0.1) is 0 Å². The predicted molar refractivity (Wildman–Crippen MR) is 79.0 cm³/mol. The number of hydrogen-bond donors (Lipinski definition) is 10. The SMILES string of the molecule is O=C(O)C(O)C(O)C(=O)O.O=C(O)C(O)C(O)C(=O)O.O=C(O)C=CC(=O)O. The van der Waals surface area contributed by atoms with Crippen molar-refractivity contribution in [3.63, 3.8) is 0 Å². The lowest BCUT2D eigenvalue weighted by Gasteiger charge is -2.07. The van der Waals surface area contributed by atoms with Crippen molar-refractivity contribution in [3.8, 4) is 0 Å². The van der Waals surface area contributed by atoms with E-state index in [-0.39, 0.29) is 0 Å². The Morgan fingerprint density at radius 2 is 0.571 bits per heavy atom. The Balaban J connectivity index is -0.000000337. The van der Waals surface area contributed by atoms with Gasteiger partial charge in [-0.25, -0.2) is 28.8 Å². The third-order valence-corrected chi connectivity index (χ3v) is 1.98. The summed E-state index contributed by atoms with van der Waals surface area (Å²) in [5.41, 5.74) is 0. The van der Waals surface area contributed by atoms with Gasteiger partial charge in [-0.2, -0.15) is 0 Å². The van der Waals surface area contributed by atoms with Gasteiger partial charge in [0.25, 0.3) is 0 Å². The van der Waals surface area contributed by atoms with E-state index in [2.05, 4.69) is 0 Å². The zero-order valence-electron chi connectivity index (χ0n) is 13.4. The Hall–Kier alpha value is -3.60. The number of carboxylic acid groups (broad SMARTS) is 6. The molecule has 0 aromatic carbocycles. The highest BCUT2D eigenvalue weighted by Crippen LogP contribution is 1.93. The van der Waals surface area contributed by atoms with Gasteiger partial charge >= 0.3 is 35.8 Å². The van der Waals surface area contributed by atoms with E-state index < -0.39 is 60.2 Å². The van der Waals surface area contributed by atoms with Crippen LogP contribution in [-0.2, 0) is 28.8 Å². The maximum absolute atomic E-state index is 9.77. The molecule has 0 fully saturated rings. The summed E-state index contributed by atoms with van der Waals surface area (Å²) in [6.07, 6.45) is -7.95. The molecule has 4 atom stereocenters. The van der Waals surface area contributed by atoms with Gasteiger partial charge in [-0.3, -0.25) is 0 Å². The largest absolute Gasteiger partial charge is 0.479 e. The van der Waals surface area contributed by atoms with Crippen molar-refractivity contribution in [2.45, 2.75) is 24.4 Å². The van der Waals surface area contributed by atoms with E-state index in [0.29, 0.717) is 12.2 Å². The molecule has 0 aliphatic rings. The second-order valence-electron chi connectivity index (χ2n) is 4.14. The summed E-state index contributed by atoms with van der Waals surface area (Å²) < 4.78 is 0. The second-order valence-corrected chi connectivity index (χ2v) is 4.14. The number of carboxylic acids is 6. The first-order valence-electron chi connectivity index (χ1n) is 6.33. The summed E-state index contributed by atoms with van der Waals surface area (Å²) in [4.78, 5) is 58.2. The molecule has 0 saturated heterocycles. The van der Waals surface area contributed by atoms with Gasteiger partial charge < -0.3 is 51.1 Å². The minimum Gasteiger partial charge on any atom is -0.479 e. The van der Waals surface area contributed by atoms with Crippen molar-refractivity contribution >= 4 is 35.8 Å². The lowest BCUT2D eigenvalue weighted by molar-refractivity contribution is -0.165. The van der Waals surface area contributed by atoms with E-state index in [0.717, 1.165) is 0 Å². The minimum atomic E-state index is -2.27. The van der Waals surface area contributed by atoms with Gasteiger partial charge in [0.1, 0.15) is 0 Å². The molecule has 0 aliphatic heterocycles. The van der Waals surface area contributed by atoms with Gasteiger partial charge in [-0.05, 0) is 0 Å². The van der Waals surface area contributed by atoms with Crippen LogP contribution in [0, 0.1) is 0 Å². The van der Waals surface area contributed by atoms with E-state index in [1.54, 1.807) is 0 Å². The highest BCUT2D eigenvalue weighted by Gasteiger charge is 2.30. The molecule has 0 bridgehead atoms. The lowest BCUT2D eigenvalue weighted by Crippen LogP contribution is -2.39. The van der Waals surface area contributed by atoms with Crippen molar-refractivity contribution < 1.29 is 79.8 Å². The van der Waals surface area contributed by atoms with Gasteiger partial charge in [0.15, 0.2) is 24.4 Å². The summed E-state index contributed by atoms with van der Waals surface area (Å²) in [7, 11) is 0. The van der Waals surface area contributed by atoms with Crippen molar-refractivity contribution in [1.82, 2.24) is 0 Å². The zero-order chi connectivity index (χ0) is 23.2. The standard InChI is InChI=1S/2C4H6O6.C4H4O4/c2*5-1(3(7)8)2(6)4(9)10;5-3(6)1-2-4(7)8/h2*1-2,5-6H,(H,7,8)(H,9,10);1-2H,(H,5,6)(H,7,8). The zero-order valence-corrected chi connectivity index (χ0v) is 13.4. The fourth-order valence-corrected chi connectivity index (χ4v) is 0.683. The first kappa shape index (κ1) is 29.2. The number of aliphatic hydroxyl groups excluding tert-OH is 4. The number of aliphatic hydroxyl groups is 4. The third kappa shape index (κ3) is 15.9. The van der Waals surface area contributed by atoms with Crippen LogP contribution in [0.25, 0.3) is 0 Å². The molecule has 0 aliphatic carbocycles. The molecular weight excluding hydrogens is 400 g/mol. The summed E-state index contributed by atoms with van der Waals surface area (Å²) in [5.74, 6) is -9.59. The Morgan fingerprint density at radius 3 is 0.643 bits per heavy atom. The van der Waals surface area contributed by atoms with Crippen LogP contribution in [0.4, 0.5) is 0 Å². The summed E-state index contributed by atoms with van der Waals surface area (Å²) in [6.45, 7) is 0. The summed E-state index contributed by atoms with van der Waals surface area (Å²) >= 11 is 0. The molecule has 160 valence electrons. The first-order chi connectivity index (χ1) is 12.6. The van der Waals surface area contributed by atoms with Crippen LogP contribution in [0.2, 0.25) is 0 Å². The maximum atomic E-state index is 9.77. The van der Waals surface area contributed by atoms with Gasteiger partial charge in [0, 0.05) is 12.2 Å². The van der Waals surface area contributed by atoms with Crippen LogP contribution in [0.3, 0.4) is 0 Å². The van der Waals surface area contributed by atoms with Crippen molar-refractivity contribution in [2.75, 3.05) is 0 Å². The van der Waals surface area contributed by atoms with Crippen LogP contribution < -0.4 is 0 Å². The molecule has 28 heavy (non-hydrogen) atoms. The minimum absolute atomic E-state index is 0.558. The number of rotatable bonds is 8. The normalized spacial score (nSPS) is 14.0. The Labute approximate surface area is 153 Å². The van der Waals surface area contributed by atoms with E-state index in [1.807, 2.05) is 0 Å². The second kappa shape index (κ2) is 14.6. The number of aliphatic carboxylic acids is 6. The molecule has 0 amide bonds. The van der Waals surface area contributed by atoms with Crippen LogP contribution in [-0.4, -0.2) is 111 Å². The van der Waals surface area contributed by atoms with Crippen LogP contribution >= 0.6 is 0 Å². The average molecular weight is 416 g/mol. The lowest BCUT2D eigenvalue weighted by atomic mass is 10.2. The molecule has 0 heterocycles. The highest BCUT2D eigenvalue weighted by molar-refractivity contribution is 5.89.